The summed E-state index contributed by atoms with van der Waals surface area (Å²) in [4.78, 5) is 21.4. The largest absolute Gasteiger partial charge is 0.383 e. The number of rotatable bonds is 6. The Labute approximate surface area is 157 Å². The zero-order valence-corrected chi connectivity index (χ0v) is 16.1. The lowest BCUT2D eigenvalue weighted by molar-refractivity contribution is 0.104. The average molecular weight is 387 g/mol. The fourth-order valence-corrected chi connectivity index (χ4v) is 3.44. The van der Waals surface area contributed by atoms with Crippen molar-refractivity contribution < 1.29 is 13.2 Å². The van der Waals surface area contributed by atoms with E-state index in [1.165, 1.54) is 12.4 Å². The maximum Gasteiger partial charge on any atom is 0.232 e. The van der Waals surface area contributed by atoms with Gasteiger partial charge in [0.2, 0.25) is 10.0 Å². The predicted molar refractivity (Wildman–Crippen MR) is 105 cm³/mol. The second-order valence-corrected chi connectivity index (χ2v) is 8.43. The Morgan fingerprint density at radius 3 is 2.70 bits per heavy atom. The summed E-state index contributed by atoms with van der Waals surface area (Å²) in [6.07, 6.45) is 3.08. The standard InChI is InChI=1S/C18H21N5O3S/c1-4-27(25,26)22-13-7-5-6-12(8-13)16(24)14-9-23(11(2)3)18-15(14)17(19)20-10-21-18/h5-11,22H,4H2,1-3H3,(H2,19,20,21). The molecule has 2 aromatic heterocycles. The van der Waals surface area contributed by atoms with Gasteiger partial charge >= 0.3 is 0 Å². The van der Waals surface area contributed by atoms with Crippen molar-refractivity contribution in [2.45, 2.75) is 26.8 Å². The molecule has 27 heavy (non-hydrogen) atoms. The number of hydrogen-bond acceptors (Lipinski definition) is 6. The van der Waals surface area contributed by atoms with E-state index >= 15 is 0 Å². The van der Waals surface area contributed by atoms with E-state index in [2.05, 4.69) is 14.7 Å². The van der Waals surface area contributed by atoms with Gasteiger partial charge in [0.1, 0.15) is 17.8 Å². The third kappa shape index (κ3) is 3.63. The molecule has 0 aliphatic rings. The first-order valence-corrected chi connectivity index (χ1v) is 10.1. The zero-order valence-electron chi connectivity index (χ0n) is 15.3. The van der Waals surface area contributed by atoms with Gasteiger partial charge in [-0.3, -0.25) is 9.52 Å². The highest BCUT2D eigenvalue weighted by molar-refractivity contribution is 7.92. The van der Waals surface area contributed by atoms with Crippen molar-refractivity contribution in [1.82, 2.24) is 14.5 Å². The van der Waals surface area contributed by atoms with Crippen LogP contribution in [0.5, 0.6) is 0 Å². The summed E-state index contributed by atoms with van der Waals surface area (Å²) in [7, 11) is -3.43. The molecule has 3 rings (SSSR count). The second-order valence-electron chi connectivity index (χ2n) is 6.42. The normalized spacial score (nSPS) is 11.9. The molecule has 2 heterocycles. The van der Waals surface area contributed by atoms with Gasteiger partial charge in [-0.25, -0.2) is 18.4 Å². The van der Waals surface area contributed by atoms with Crippen LogP contribution in [0.1, 0.15) is 42.7 Å². The summed E-state index contributed by atoms with van der Waals surface area (Å²) in [5.41, 5.74) is 7.66. The number of anilines is 2. The van der Waals surface area contributed by atoms with Gasteiger partial charge in [0, 0.05) is 23.5 Å². The monoisotopic (exact) mass is 387 g/mol. The highest BCUT2D eigenvalue weighted by atomic mass is 32.2. The maximum absolute atomic E-state index is 13.1. The van der Waals surface area contributed by atoms with Crippen LogP contribution in [-0.4, -0.2) is 34.5 Å². The number of nitrogens with zero attached hydrogens (tertiary/aromatic N) is 3. The summed E-state index contributed by atoms with van der Waals surface area (Å²) in [6, 6.07) is 6.44. The number of fused-ring (bicyclic) bond motifs is 1. The topological polar surface area (TPSA) is 120 Å². The van der Waals surface area contributed by atoms with Crippen LogP contribution < -0.4 is 10.5 Å². The number of nitrogens with one attached hydrogen (secondary N) is 1. The van der Waals surface area contributed by atoms with Crippen LogP contribution in [0.4, 0.5) is 11.5 Å². The number of carbonyl (C=O) groups is 1. The summed E-state index contributed by atoms with van der Waals surface area (Å²) >= 11 is 0. The van der Waals surface area contributed by atoms with E-state index in [0.29, 0.717) is 27.8 Å². The highest BCUT2D eigenvalue weighted by Crippen LogP contribution is 2.29. The molecular weight excluding hydrogens is 366 g/mol. The van der Waals surface area contributed by atoms with E-state index in [1.807, 2.05) is 18.4 Å². The Balaban J connectivity index is 2.10. The minimum absolute atomic E-state index is 0.0546. The Kier molecular flexibility index (Phi) is 4.88. The molecule has 0 aliphatic carbocycles. The second kappa shape index (κ2) is 6.99. The number of aromatic nitrogens is 3. The molecular formula is C18H21N5O3S. The Bertz CT molecular complexity index is 1120. The number of hydrogen-bond donors (Lipinski definition) is 2. The molecule has 0 aliphatic heterocycles. The number of ketones is 1. The summed E-state index contributed by atoms with van der Waals surface area (Å²) in [6.45, 7) is 5.50. The van der Waals surface area contributed by atoms with Crippen LogP contribution >= 0.6 is 0 Å². The Morgan fingerprint density at radius 1 is 1.30 bits per heavy atom. The molecule has 0 radical (unpaired) electrons. The van der Waals surface area contributed by atoms with Crippen LogP contribution in [-0.2, 0) is 10.0 Å². The molecule has 0 saturated heterocycles. The van der Waals surface area contributed by atoms with Gasteiger partial charge in [0.05, 0.1) is 16.7 Å². The minimum atomic E-state index is -3.43. The van der Waals surface area contributed by atoms with Crippen LogP contribution in [0.15, 0.2) is 36.8 Å². The first kappa shape index (κ1) is 18.8. The van der Waals surface area contributed by atoms with E-state index in [4.69, 9.17) is 5.73 Å². The first-order chi connectivity index (χ1) is 12.7. The number of sulfonamides is 1. The summed E-state index contributed by atoms with van der Waals surface area (Å²) < 4.78 is 27.9. The first-order valence-electron chi connectivity index (χ1n) is 8.49. The van der Waals surface area contributed by atoms with Crippen molar-refractivity contribution in [2.75, 3.05) is 16.2 Å². The molecule has 0 amide bonds. The van der Waals surface area contributed by atoms with Gasteiger partial charge in [0.25, 0.3) is 0 Å². The molecule has 0 unspecified atom stereocenters. The smallest absolute Gasteiger partial charge is 0.232 e. The van der Waals surface area contributed by atoms with Gasteiger partial charge in [-0.2, -0.15) is 0 Å². The zero-order chi connectivity index (χ0) is 19.8. The van der Waals surface area contributed by atoms with Crippen LogP contribution in [0.3, 0.4) is 0 Å². The fourth-order valence-electron chi connectivity index (χ4n) is 2.81. The number of carbonyl (C=O) groups excluding carboxylic acids is 1. The lowest BCUT2D eigenvalue weighted by atomic mass is 10.0. The van der Waals surface area contributed by atoms with Crippen molar-refractivity contribution in [2.24, 2.45) is 0 Å². The molecule has 9 heteroatoms. The molecule has 3 aromatic rings. The third-order valence-corrected chi connectivity index (χ3v) is 5.52. The number of nitrogens with two attached hydrogens (primary N) is 1. The number of nitrogen functional groups attached to an aromatic ring is 1. The quantitative estimate of drug-likeness (QED) is 0.627. The van der Waals surface area contributed by atoms with E-state index in [-0.39, 0.29) is 23.4 Å². The molecule has 0 fully saturated rings. The average Bonchev–Trinajstić information content (AvgIpc) is 3.02. The molecule has 8 nitrogen and oxygen atoms in total. The van der Waals surface area contributed by atoms with Gasteiger partial charge in [0.15, 0.2) is 5.78 Å². The Hall–Kier alpha value is -2.94. The molecule has 0 saturated carbocycles. The van der Waals surface area contributed by atoms with E-state index < -0.39 is 10.0 Å². The van der Waals surface area contributed by atoms with E-state index in [1.54, 1.807) is 31.3 Å². The SMILES string of the molecule is CCS(=O)(=O)Nc1cccc(C(=O)c2cn(C(C)C)c3ncnc(N)c23)c1. The lowest BCUT2D eigenvalue weighted by Gasteiger charge is -2.08. The van der Waals surface area contributed by atoms with Crippen LogP contribution in [0.25, 0.3) is 11.0 Å². The predicted octanol–water partition coefficient (Wildman–Crippen LogP) is 2.59. The summed E-state index contributed by atoms with van der Waals surface area (Å²) in [5, 5.41) is 0.496. The molecule has 0 atom stereocenters. The fraction of sp³-hybridized carbons (Fsp3) is 0.278. The van der Waals surface area contributed by atoms with Gasteiger partial charge < -0.3 is 10.3 Å². The molecule has 0 bridgehead atoms. The summed E-state index contributed by atoms with van der Waals surface area (Å²) in [5.74, 6) is -0.106. The van der Waals surface area contributed by atoms with Crippen molar-refractivity contribution in [1.29, 1.82) is 0 Å². The van der Waals surface area contributed by atoms with Gasteiger partial charge in [-0.05, 0) is 32.9 Å². The van der Waals surface area contributed by atoms with Gasteiger partial charge in [-0.1, -0.05) is 12.1 Å². The molecule has 0 spiro atoms. The lowest BCUT2D eigenvalue weighted by Crippen LogP contribution is -2.15. The van der Waals surface area contributed by atoms with Crippen molar-refractivity contribution >= 4 is 38.3 Å². The van der Waals surface area contributed by atoms with E-state index in [0.717, 1.165) is 0 Å². The molecule has 142 valence electrons. The van der Waals surface area contributed by atoms with Crippen molar-refractivity contribution in [3.8, 4) is 0 Å². The van der Waals surface area contributed by atoms with Crippen LogP contribution in [0.2, 0.25) is 0 Å². The van der Waals surface area contributed by atoms with Crippen molar-refractivity contribution in [3.05, 3.63) is 47.9 Å². The molecule has 3 N–H and O–H groups in total. The van der Waals surface area contributed by atoms with Crippen LogP contribution in [0, 0.1) is 0 Å². The maximum atomic E-state index is 13.1. The Morgan fingerprint density at radius 2 is 2.04 bits per heavy atom. The molecule has 1 aromatic carbocycles. The van der Waals surface area contributed by atoms with E-state index in [9.17, 15) is 13.2 Å². The van der Waals surface area contributed by atoms with Crippen molar-refractivity contribution in [3.63, 3.8) is 0 Å². The van der Waals surface area contributed by atoms with Gasteiger partial charge in [-0.15, -0.1) is 0 Å². The number of benzene rings is 1. The minimum Gasteiger partial charge on any atom is -0.383 e. The third-order valence-electron chi connectivity index (χ3n) is 4.22. The highest BCUT2D eigenvalue weighted by Gasteiger charge is 2.21.